The second kappa shape index (κ2) is 10.1. The highest BCUT2D eigenvalue weighted by Crippen LogP contribution is 2.23. The molecule has 2 N–H and O–H groups in total. The Bertz CT molecular complexity index is 1470. The van der Waals surface area contributed by atoms with Crippen molar-refractivity contribution in [1.82, 2.24) is 0 Å². The molecule has 3 aromatic rings. The number of nitrogens with one attached hydrogen (secondary N) is 2. The summed E-state index contributed by atoms with van der Waals surface area (Å²) in [6.07, 6.45) is 0. The van der Waals surface area contributed by atoms with E-state index < -0.39 is 31.5 Å². The third kappa shape index (κ3) is 6.66. The summed E-state index contributed by atoms with van der Waals surface area (Å²) in [5, 5.41) is 11.3. The molecule has 0 aliphatic rings. The van der Waals surface area contributed by atoms with E-state index in [1.807, 2.05) is 19.1 Å². The number of carbonyl (C=O) groups excluding carboxylic acids is 1. The van der Waals surface area contributed by atoms with Crippen LogP contribution in [0.4, 0.5) is 11.4 Å². The molecule has 0 radical (unpaired) electrons. The number of rotatable bonds is 8. The van der Waals surface area contributed by atoms with Gasteiger partial charge < -0.3 is 5.32 Å². The van der Waals surface area contributed by atoms with Crippen LogP contribution in [0, 0.1) is 25.2 Å². The topological polar surface area (TPSA) is 133 Å². The van der Waals surface area contributed by atoms with Crippen LogP contribution in [-0.2, 0) is 30.4 Å². The second-order valence-corrected chi connectivity index (χ2v) is 11.6. The minimum absolute atomic E-state index is 0.0350. The van der Waals surface area contributed by atoms with Gasteiger partial charge in [-0.2, -0.15) is 5.26 Å². The predicted octanol–water partition coefficient (Wildman–Crippen LogP) is 3.53. The minimum atomic E-state index is -3.94. The zero-order valence-electron chi connectivity index (χ0n) is 18.6. The molecule has 1 amide bonds. The Kier molecular flexibility index (Phi) is 7.39. The molecule has 8 nitrogen and oxygen atoms in total. The van der Waals surface area contributed by atoms with Gasteiger partial charge >= 0.3 is 0 Å². The van der Waals surface area contributed by atoms with Gasteiger partial charge in [0.15, 0.2) is 9.84 Å². The van der Waals surface area contributed by atoms with E-state index in [2.05, 4.69) is 10.0 Å². The molecule has 0 spiro atoms. The lowest BCUT2D eigenvalue weighted by atomic mass is 10.2. The SMILES string of the molecule is Cc1cccc(NS(=O)(=O)c2cc(NC(=O)CS(=O)(=O)Cc3ccc(C#N)cc3)ccc2C)c1. The highest BCUT2D eigenvalue weighted by Gasteiger charge is 2.21. The lowest BCUT2D eigenvalue weighted by Gasteiger charge is -2.13. The number of amides is 1. The van der Waals surface area contributed by atoms with Crippen molar-refractivity contribution >= 4 is 37.1 Å². The number of sulfonamides is 1. The van der Waals surface area contributed by atoms with Crippen molar-refractivity contribution in [2.75, 3.05) is 15.8 Å². The Morgan fingerprint density at radius 2 is 1.62 bits per heavy atom. The quantitative estimate of drug-likeness (QED) is 0.489. The number of hydrogen-bond donors (Lipinski definition) is 2. The fourth-order valence-corrected chi connectivity index (χ4v) is 5.86. The van der Waals surface area contributed by atoms with Crippen molar-refractivity contribution in [3.05, 3.63) is 89.0 Å². The van der Waals surface area contributed by atoms with Crippen LogP contribution < -0.4 is 10.0 Å². The molecule has 10 heteroatoms. The molecule has 0 heterocycles. The van der Waals surface area contributed by atoms with E-state index in [1.54, 1.807) is 25.1 Å². The Labute approximate surface area is 199 Å². The number of carbonyl (C=O) groups is 1. The van der Waals surface area contributed by atoms with Gasteiger partial charge in [-0.25, -0.2) is 16.8 Å². The molecule has 34 heavy (non-hydrogen) atoms. The van der Waals surface area contributed by atoms with Gasteiger partial charge in [0, 0.05) is 11.4 Å². The first kappa shape index (κ1) is 25.0. The van der Waals surface area contributed by atoms with Crippen LogP contribution in [0.15, 0.2) is 71.6 Å². The molecule has 0 aliphatic carbocycles. The standard InChI is InChI=1S/C24H23N3O5S2/c1-17-4-3-5-22(12-17)27-34(31,32)23-13-21(11-6-18(23)2)26-24(28)16-33(29,30)15-20-9-7-19(14-25)8-10-20/h3-13,27H,15-16H2,1-2H3,(H,26,28). The van der Waals surface area contributed by atoms with Crippen LogP contribution in [0.5, 0.6) is 0 Å². The van der Waals surface area contributed by atoms with E-state index in [9.17, 15) is 21.6 Å². The molecular weight excluding hydrogens is 474 g/mol. The average Bonchev–Trinajstić information content (AvgIpc) is 2.74. The second-order valence-electron chi connectivity index (χ2n) is 7.84. The third-order valence-corrected chi connectivity index (χ3v) is 7.85. The molecule has 0 atom stereocenters. The molecular formula is C24H23N3O5S2. The van der Waals surface area contributed by atoms with E-state index in [0.717, 1.165) is 5.56 Å². The molecule has 0 aromatic heterocycles. The predicted molar refractivity (Wildman–Crippen MR) is 130 cm³/mol. The number of anilines is 2. The normalized spacial score (nSPS) is 11.4. The smallest absolute Gasteiger partial charge is 0.262 e. The number of aryl methyl sites for hydroxylation is 2. The van der Waals surface area contributed by atoms with Gasteiger partial charge in [0.05, 0.1) is 22.3 Å². The van der Waals surface area contributed by atoms with Crippen LogP contribution in [0.25, 0.3) is 0 Å². The monoisotopic (exact) mass is 497 g/mol. The summed E-state index contributed by atoms with van der Waals surface area (Å²) >= 11 is 0. The summed E-state index contributed by atoms with van der Waals surface area (Å²) in [6.45, 7) is 3.47. The first-order valence-electron chi connectivity index (χ1n) is 10.2. The van der Waals surface area contributed by atoms with Gasteiger partial charge in [-0.15, -0.1) is 0 Å². The lowest BCUT2D eigenvalue weighted by Crippen LogP contribution is -2.24. The number of nitrogens with zero attached hydrogens (tertiary/aromatic N) is 1. The first-order chi connectivity index (χ1) is 16.0. The summed E-state index contributed by atoms with van der Waals surface area (Å²) in [5.74, 6) is -1.92. The Balaban J connectivity index is 1.72. The summed E-state index contributed by atoms with van der Waals surface area (Å²) in [5.41, 5.74) is 2.78. The van der Waals surface area contributed by atoms with E-state index in [1.165, 1.54) is 42.5 Å². The van der Waals surface area contributed by atoms with Crippen LogP contribution in [0.2, 0.25) is 0 Å². The Hall–Kier alpha value is -3.68. The summed E-state index contributed by atoms with van der Waals surface area (Å²) in [4.78, 5) is 12.4. The average molecular weight is 498 g/mol. The molecule has 176 valence electrons. The Morgan fingerprint density at radius 1 is 0.912 bits per heavy atom. The van der Waals surface area contributed by atoms with Gasteiger partial charge in [0.2, 0.25) is 5.91 Å². The van der Waals surface area contributed by atoms with E-state index in [4.69, 9.17) is 5.26 Å². The lowest BCUT2D eigenvalue weighted by molar-refractivity contribution is -0.113. The highest BCUT2D eigenvalue weighted by molar-refractivity contribution is 7.92. The minimum Gasteiger partial charge on any atom is -0.325 e. The molecule has 3 rings (SSSR count). The van der Waals surface area contributed by atoms with Crippen LogP contribution in [0.1, 0.15) is 22.3 Å². The van der Waals surface area contributed by atoms with E-state index >= 15 is 0 Å². The number of hydrogen-bond acceptors (Lipinski definition) is 6. The number of nitriles is 1. The molecule has 0 aliphatic heterocycles. The summed E-state index contributed by atoms with van der Waals surface area (Å²) < 4.78 is 53.2. The zero-order valence-corrected chi connectivity index (χ0v) is 20.2. The van der Waals surface area contributed by atoms with Crippen molar-refractivity contribution in [3.8, 4) is 6.07 Å². The van der Waals surface area contributed by atoms with E-state index in [-0.39, 0.29) is 16.3 Å². The zero-order chi connectivity index (χ0) is 24.9. The fraction of sp³-hybridized carbons (Fsp3) is 0.167. The van der Waals surface area contributed by atoms with Crippen LogP contribution in [0.3, 0.4) is 0 Å². The van der Waals surface area contributed by atoms with Gasteiger partial charge in [-0.3, -0.25) is 9.52 Å². The third-order valence-electron chi connectivity index (χ3n) is 4.85. The van der Waals surface area contributed by atoms with Gasteiger partial charge in [0.25, 0.3) is 10.0 Å². The summed E-state index contributed by atoms with van der Waals surface area (Å²) in [6, 6.07) is 19.2. The van der Waals surface area contributed by atoms with Gasteiger partial charge in [-0.05, 0) is 66.9 Å². The van der Waals surface area contributed by atoms with Crippen molar-refractivity contribution in [2.24, 2.45) is 0 Å². The molecule has 3 aromatic carbocycles. The fourth-order valence-electron chi connectivity index (χ4n) is 3.26. The Morgan fingerprint density at radius 3 is 2.26 bits per heavy atom. The van der Waals surface area contributed by atoms with Crippen molar-refractivity contribution in [1.29, 1.82) is 5.26 Å². The van der Waals surface area contributed by atoms with Gasteiger partial charge in [0.1, 0.15) is 5.75 Å². The molecule has 0 saturated heterocycles. The van der Waals surface area contributed by atoms with Crippen molar-refractivity contribution < 1.29 is 21.6 Å². The molecule has 0 fully saturated rings. The van der Waals surface area contributed by atoms with Gasteiger partial charge in [-0.1, -0.05) is 30.3 Å². The molecule has 0 saturated carbocycles. The maximum atomic E-state index is 12.9. The number of sulfone groups is 1. The van der Waals surface area contributed by atoms with Crippen molar-refractivity contribution in [2.45, 2.75) is 24.5 Å². The highest BCUT2D eigenvalue weighted by atomic mass is 32.2. The van der Waals surface area contributed by atoms with Crippen LogP contribution in [-0.4, -0.2) is 28.5 Å². The maximum absolute atomic E-state index is 12.9. The largest absolute Gasteiger partial charge is 0.325 e. The number of benzene rings is 3. The van der Waals surface area contributed by atoms with E-state index in [0.29, 0.717) is 22.4 Å². The van der Waals surface area contributed by atoms with Crippen LogP contribution >= 0.6 is 0 Å². The summed E-state index contributed by atoms with van der Waals surface area (Å²) in [7, 11) is -7.73. The first-order valence-corrected chi connectivity index (χ1v) is 13.5. The van der Waals surface area contributed by atoms with Crippen molar-refractivity contribution in [3.63, 3.8) is 0 Å². The maximum Gasteiger partial charge on any atom is 0.262 e. The molecule has 0 bridgehead atoms. The molecule has 0 unspecified atom stereocenters.